The molecule has 0 spiro atoms. The van der Waals surface area contributed by atoms with Crippen molar-refractivity contribution in [2.45, 2.75) is 109 Å². The number of fused-ring (bicyclic) bond motifs is 3. The number of carbonyl (C=O) groups excluding carboxylic acids is 4. The number of amides is 5. The Morgan fingerprint density at radius 1 is 0.964 bits per heavy atom. The van der Waals surface area contributed by atoms with Gasteiger partial charge in [-0.1, -0.05) is 70.9 Å². The summed E-state index contributed by atoms with van der Waals surface area (Å²) in [4.78, 5) is 58.1. The molecule has 5 rings (SSSR count). The Bertz CT molecular complexity index is 1840. The Balaban J connectivity index is 1.44. The average Bonchev–Trinajstić information content (AvgIpc) is 3.53. The standard InChI is InChI=1S/C40H52F4N6O5/c1-5-23(3)32(22-45-38(54)46-26-15-18-55-19-16-26)48-37(53)39(17-14-31-28(21-39)27-11-9-12-29(35(27)47-31)40(42,43)44)50-36(52)34(24(4)6-2)49-33(51)20-25-10-7-8-13-30(25)41/h7-13,23-24,26,32,34,47H,5-6,14-22H2,1-4H3,(H,48,53)(H,49,51)(H,50,52)(H2,45,46,54)/t23?,24?,32-,34+,39-/m1/s1. The van der Waals surface area contributed by atoms with Crippen molar-refractivity contribution in [3.8, 4) is 0 Å². The smallest absolute Gasteiger partial charge is 0.381 e. The number of halogens is 4. The number of carbonyl (C=O) groups is 4. The summed E-state index contributed by atoms with van der Waals surface area (Å²) in [5.74, 6) is -2.89. The molecular formula is C40H52F4N6O5. The van der Waals surface area contributed by atoms with E-state index in [4.69, 9.17) is 4.74 Å². The Morgan fingerprint density at radius 2 is 1.67 bits per heavy atom. The van der Waals surface area contributed by atoms with Crippen LogP contribution in [0.25, 0.3) is 10.9 Å². The molecule has 2 heterocycles. The molecule has 11 nitrogen and oxygen atoms in total. The number of ether oxygens (including phenoxy) is 1. The predicted molar refractivity (Wildman–Crippen MR) is 199 cm³/mol. The van der Waals surface area contributed by atoms with Gasteiger partial charge in [0.25, 0.3) is 0 Å². The molecule has 2 unspecified atom stereocenters. The maximum absolute atomic E-state index is 14.7. The number of aromatic nitrogens is 1. The fourth-order valence-corrected chi connectivity index (χ4v) is 7.39. The first kappa shape index (κ1) is 41.5. The van der Waals surface area contributed by atoms with E-state index in [9.17, 15) is 36.7 Å². The minimum absolute atomic E-state index is 0.0348. The van der Waals surface area contributed by atoms with Gasteiger partial charge >= 0.3 is 12.2 Å². The van der Waals surface area contributed by atoms with Crippen molar-refractivity contribution in [1.82, 2.24) is 31.6 Å². The second kappa shape index (κ2) is 17.9. The van der Waals surface area contributed by atoms with Crippen molar-refractivity contribution in [2.24, 2.45) is 11.8 Å². The number of urea groups is 1. The summed E-state index contributed by atoms with van der Waals surface area (Å²) in [6, 6.07) is 7.59. The molecular weight excluding hydrogens is 720 g/mol. The number of para-hydroxylation sites is 1. The molecule has 300 valence electrons. The van der Waals surface area contributed by atoms with Gasteiger partial charge < -0.3 is 36.3 Å². The number of benzene rings is 2. The summed E-state index contributed by atoms with van der Waals surface area (Å²) < 4.78 is 62.0. The summed E-state index contributed by atoms with van der Waals surface area (Å²) >= 11 is 0. The number of rotatable bonds is 14. The van der Waals surface area contributed by atoms with E-state index in [2.05, 4.69) is 31.6 Å². The highest BCUT2D eigenvalue weighted by molar-refractivity contribution is 5.97. The molecule has 15 heteroatoms. The predicted octanol–water partition coefficient (Wildman–Crippen LogP) is 5.45. The Hall–Kier alpha value is -4.66. The van der Waals surface area contributed by atoms with E-state index in [1.807, 2.05) is 20.8 Å². The molecule has 1 saturated heterocycles. The molecule has 55 heavy (non-hydrogen) atoms. The lowest BCUT2D eigenvalue weighted by Gasteiger charge is -2.40. The first-order chi connectivity index (χ1) is 26.2. The van der Waals surface area contributed by atoms with E-state index in [0.29, 0.717) is 50.2 Å². The highest BCUT2D eigenvalue weighted by Gasteiger charge is 2.47. The number of H-pyrrole nitrogens is 1. The van der Waals surface area contributed by atoms with E-state index in [0.717, 1.165) is 6.07 Å². The van der Waals surface area contributed by atoms with Crippen molar-refractivity contribution >= 4 is 34.7 Å². The van der Waals surface area contributed by atoms with Gasteiger partial charge in [-0.2, -0.15) is 13.2 Å². The van der Waals surface area contributed by atoms with E-state index < -0.39 is 58.8 Å². The lowest BCUT2D eigenvalue weighted by atomic mass is 9.78. The van der Waals surface area contributed by atoms with Crippen molar-refractivity contribution < 1.29 is 41.5 Å². The fraction of sp³-hybridized carbons (Fsp3) is 0.550. The van der Waals surface area contributed by atoms with Crippen LogP contribution in [-0.2, 0) is 44.6 Å². The number of nitrogens with one attached hydrogen (secondary N) is 6. The second-order valence-electron chi connectivity index (χ2n) is 15.0. The average molecular weight is 773 g/mol. The Morgan fingerprint density at radius 3 is 2.35 bits per heavy atom. The molecule has 2 aliphatic rings. The summed E-state index contributed by atoms with van der Waals surface area (Å²) in [7, 11) is 0. The Labute approximate surface area is 318 Å². The zero-order valence-electron chi connectivity index (χ0n) is 31.8. The minimum atomic E-state index is -4.63. The Kier molecular flexibility index (Phi) is 13.5. The highest BCUT2D eigenvalue weighted by atomic mass is 19.4. The van der Waals surface area contributed by atoms with E-state index in [1.54, 1.807) is 19.1 Å². The molecule has 2 aromatic carbocycles. The van der Waals surface area contributed by atoms with Crippen LogP contribution in [-0.4, -0.2) is 72.2 Å². The lowest BCUT2D eigenvalue weighted by Crippen LogP contribution is -2.67. The quantitative estimate of drug-likeness (QED) is 0.120. The van der Waals surface area contributed by atoms with Crippen LogP contribution in [0.2, 0.25) is 0 Å². The van der Waals surface area contributed by atoms with Gasteiger partial charge in [0.1, 0.15) is 17.4 Å². The third-order valence-electron chi connectivity index (χ3n) is 11.2. The largest absolute Gasteiger partial charge is 0.418 e. The SMILES string of the molecule is CCC(C)[C@H](NC(=O)Cc1ccccc1F)C(=O)N[C@]1(C(=O)N[C@H](CNC(=O)NC2CCOCC2)C(C)CC)CCc2[nH]c3c(C(F)(F)F)cccc3c2C1. The van der Waals surface area contributed by atoms with Crippen molar-refractivity contribution in [1.29, 1.82) is 0 Å². The van der Waals surface area contributed by atoms with Crippen LogP contribution in [0.15, 0.2) is 42.5 Å². The molecule has 1 aliphatic carbocycles. The molecule has 1 aliphatic heterocycles. The lowest BCUT2D eigenvalue weighted by molar-refractivity contribution is -0.137. The minimum Gasteiger partial charge on any atom is -0.381 e. The van der Waals surface area contributed by atoms with E-state index >= 15 is 0 Å². The number of hydrogen-bond donors (Lipinski definition) is 6. The van der Waals surface area contributed by atoms with Gasteiger partial charge in [0.2, 0.25) is 17.7 Å². The molecule has 6 N–H and O–H groups in total. The third-order valence-corrected chi connectivity index (χ3v) is 11.2. The summed E-state index contributed by atoms with van der Waals surface area (Å²) in [5, 5.41) is 14.9. The van der Waals surface area contributed by atoms with Crippen LogP contribution in [0.1, 0.15) is 82.2 Å². The maximum atomic E-state index is 14.7. The third kappa shape index (κ3) is 9.96. The van der Waals surface area contributed by atoms with Gasteiger partial charge in [-0.3, -0.25) is 14.4 Å². The summed E-state index contributed by atoms with van der Waals surface area (Å²) in [6.45, 7) is 8.66. The zero-order chi connectivity index (χ0) is 39.9. The monoisotopic (exact) mass is 772 g/mol. The maximum Gasteiger partial charge on any atom is 0.418 e. The van der Waals surface area contributed by atoms with Gasteiger partial charge in [-0.25, -0.2) is 9.18 Å². The van der Waals surface area contributed by atoms with Gasteiger partial charge in [0, 0.05) is 49.3 Å². The summed E-state index contributed by atoms with van der Waals surface area (Å²) in [5.41, 5.74) is -1.42. The van der Waals surface area contributed by atoms with Gasteiger partial charge in [0.05, 0.1) is 17.5 Å². The van der Waals surface area contributed by atoms with Crippen LogP contribution >= 0.6 is 0 Å². The van der Waals surface area contributed by atoms with Crippen molar-refractivity contribution in [2.75, 3.05) is 19.8 Å². The molecule has 0 saturated carbocycles. The molecule has 1 aromatic heterocycles. The number of aromatic amines is 1. The van der Waals surface area contributed by atoms with Crippen LogP contribution in [0, 0.1) is 17.7 Å². The summed E-state index contributed by atoms with van der Waals surface area (Å²) in [6.07, 6.45) is -2.42. The second-order valence-corrected chi connectivity index (χ2v) is 15.0. The highest BCUT2D eigenvalue weighted by Crippen LogP contribution is 2.40. The van der Waals surface area contributed by atoms with Crippen LogP contribution < -0.4 is 26.6 Å². The van der Waals surface area contributed by atoms with E-state index in [-0.39, 0.29) is 66.7 Å². The number of alkyl halides is 3. The van der Waals surface area contributed by atoms with Crippen LogP contribution in [0.5, 0.6) is 0 Å². The van der Waals surface area contributed by atoms with Crippen molar-refractivity contribution in [3.05, 3.63) is 70.7 Å². The molecule has 0 radical (unpaired) electrons. The van der Waals surface area contributed by atoms with E-state index in [1.165, 1.54) is 24.3 Å². The van der Waals surface area contributed by atoms with Gasteiger partial charge in [-0.05, 0) is 60.8 Å². The normalized spacial score (nSPS) is 19.7. The van der Waals surface area contributed by atoms with Gasteiger partial charge in [0.15, 0.2) is 0 Å². The van der Waals surface area contributed by atoms with Crippen LogP contribution in [0.3, 0.4) is 0 Å². The molecule has 3 aromatic rings. The topological polar surface area (TPSA) is 153 Å². The first-order valence-corrected chi connectivity index (χ1v) is 19.1. The zero-order valence-corrected chi connectivity index (χ0v) is 31.8. The molecule has 5 atom stereocenters. The molecule has 0 bridgehead atoms. The first-order valence-electron chi connectivity index (χ1n) is 19.1. The van der Waals surface area contributed by atoms with Gasteiger partial charge in [-0.15, -0.1) is 0 Å². The van der Waals surface area contributed by atoms with Crippen LogP contribution in [0.4, 0.5) is 22.4 Å². The number of hydrogen-bond acceptors (Lipinski definition) is 5. The number of aryl methyl sites for hydroxylation is 1. The molecule has 5 amide bonds. The fourth-order valence-electron chi connectivity index (χ4n) is 7.39. The van der Waals surface area contributed by atoms with Crippen molar-refractivity contribution in [3.63, 3.8) is 0 Å². The molecule has 1 fully saturated rings.